The molecule has 1 saturated carbocycles. The topological polar surface area (TPSA) is 94.1 Å². The van der Waals surface area contributed by atoms with Crippen molar-refractivity contribution in [1.29, 1.82) is 0 Å². The van der Waals surface area contributed by atoms with Gasteiger partial charge in [0.1, 0.15) is 11.3 Å². The number of phenolic OH excluding ortho intramolecular Hbond substituents is 2. The van der Waals surface area contributed by atoms with Crippen molar-refractivity contribution >= 4 is 23.6 Å². The van der Waals surface area contributed by atoms with Gasteiger partial charge in [-0.05, 0) is 48.5 Å². The van der Waals surface area contributed by atoms with E-state index in [-0.39, 0.29) is 33.5 Å². The summed E-state index contributed by atoms with van der Waals surface area (Å²) in [4.78, 5) is 0. The van der Waals surface area contributed by atoms with E-state index in [1.165, 1.54) is 12.5 Å². The van der Waals surface area contributed by atoms with E-state index in [0.29, 0.717) is 11.3 Å². The number of fused-ring (bicyclic) bond motifs is 5. The Kier molecular flexibility index (Phi) is 4.10. The zero-order valence-electron chi connectivity index (χ0n) is 16.5. The molecule has 6 heteroatoms. The van der Waals surface area contributed by atoms with Gasteiger partial charge in [-0.1, -0.05) is 34.1 Å². The second-order valence-electron chi connectivity index (χ2n) is 9.54. The number of benzene rings is 1. The van der Waals surface area contributed by atoms with Crippen LogP contribution in [0.4, 0.5) is 0 Å². The van der Waals surface area contributed by atoms with Crippen molar-refractivity contribution in [2.24, 2.45) is 11.3 Å². The van der Waals surface area contributed by atoms with E-state index in [4.69, 9.17) is 4.42 Å². The minimum atomic E-state index is -1.92. The Morgan fingerprint density at radius 1 is 1.11 bits per heavy atom. The second kappa shape index (κ2) is 5.92. The molecule has 1 aromatic carbocycles. The van der Waals surface area contributed by atoms with Crippen LogP contribution in [0.3, 0.4) is 0 Å². The molecule has 0 amide bonds. The van der Waals surface area contributed by atoms with Gasteiger partial charge in [0.05, 0.1) is 5.46 Å². The highest BCUT2D eigenvalue weighted by Gasteiger charge is 2.51. The molecule has 4 N–H and O–H groups in total. The van der Waals surface area contributed by atoms with Gasteiger partial charge in [0.25, 0.3) is 0 Å². The van der Waals surface area contributed by atoms with E-state index < -0.39 is 12.9 Å². The SMILES string of the molecule is CC1CC[C@@H]2C(C)(C)CCC[C@@]2(C)c2c1oc1c(B(O)O)c(O)c(O)cc21. The molecule has 146 valence electrons. The van der Waals surface area contributed by atoms with Crippen molar-refractivity contribution < 1.29 is 24.7 Å². The number of hydrogen-bond donors (Lipinski definition) is 4. The molecule has 2 aromatic rings. The van der Waals surface area contributed by atoms with Gasteiger partial charge in [-0.3, -0.25) is 0 Å². The Bertz CT molecular complexity index is 900. The number of furan rings is 1. The standard InChI is InChI=1S/C21H29BO5/c1-11-6-7-14-20(2,3)8-5-9-21(14,4)15-12-10-13(23)17(24)16(22(25)26)19(12)27-18(11)15/h10-11,14,23-26H,5-9H2,1-4H3/t11?,14-,21-/m1/s1. The molecular weight excluding hydrogens is 343 g/mol. The first-order valence-electron chi connectivity index (χ1n) is 9.95. The van der Waals surface area contributed by atoms with E-state index in [1.807, 2.05) is 0 Å². The van der Waals surface area contributed by atoms with E-state index in [2.05, 4.69) is 27.7 Å². The molecule has 1 unspecified atom stereocenters. The lowest BCUT2D eigenvalue weighted by atomic mass is 9.53. The summed E-state index contributed by atoms with van der Waals surface area (Å²) in [5.41, 5.74) is 1.30. The largest absolute Gasteiger partial charge is 0.504 e. The smallest absolute Gasteiger partial charge is 0.496 e. The molecule has 0 bridgehead atoms. The lowest BCUT2D eigenvalue weighted by Crippen LogP contribution is -2.44. The van der Waals surface area contributed by atoms with Crippen molar-refractivity contribution in [3.05, 3.63) is 17.4 Å². The van der Waals surface area contributed by atoms with Gasteiger partial charge in [0.2, 0.25) is 0 Å². The van der Waals surface area contributed by atoms with Crippen LogP contribution in [-0.4, -0.2) is 27.4 Å². The molecule has 0 spiro atoms. The van der Waals surface area contributed by atoms with Gasteiger partial charge in [0, 0.05) is 16.9 Å². The number of phenols is 2. The number of hydrogen-bond acceptors (Lipinski definition) is 5. The molecule has 0 saturated heterocycles. The van der Waals surface area contributed by atoms with Gasteiger partial charge < -0.3 is 24.7 Å². The van der Waals surface area contributed by atoms with Crippen molar-refractivity contribution in [3.8, 4) is 11.5 Å². The number of rotatable bonds is 1. The zero-order chi connectivity index (χ0) is 19.7. The van der Waals surface area contributed by atoms with Crippen molar-refractivity contribution in [2.75, 3.05) is 0 Å². The van der Waals surface area contributed by atoms with Crippen LogP contribution in [0.1, 0.15) is 77.0 Å². The quantitative estimate of drug-likeness (QED) is 0.454. The van der Waals surface area contributed by atoms with Crippen LogP contribution in [0, 0.1) is 11.3 Å². The Morgan fingerprint density at radius 3 is 2.48 bits per heavy atom. The third-order valence-electron chi connectivity index (χ3n) is 7.39. The molecule has 2 aliphatic rings. The fourth-order valence-electron chi connectivity index (χ4n) is 6.10. The predicted octanol–water partition coefficient (Wildman–Crippen LogP) is 3.51. The van der Waals surface area contributed by atoms with Gasteiger partial charge in [-0.2, -0.15) is 0 Å². The molecule has 27 heavy (non-hydrogen) atoms. The Labute approximate surface area is 160 Å². The highest BCUT2D eigenvalue weighted by molar-refractivity contribution is 6.63. The summed E-state index contributed by atoms with van der Waals surface area (Å²) in [5.74, 6) is 0.654. The lowest BCUT2D eigenvalue weighted by molar-refractivity contribution is 0.0504. The molecule has 2 aliphatic carbocycles. The van der Waals surface area contributed by atoms with Gasteiger partial charge in [-0.25, -0.2) is 0 Å². The average Bonchev–Trinajstić information content (AvgIpc) is 2.88. The van der Waals surface area contributed by atoms with Crippen LogP contribution < -0.4 is 5.46 Å². The van der Waals surface area contributed by atoms with Gasteiger partial charge in [0.15, 0.2) is 11.5 Å². The third-order valence-corrected chi connectivity index (χ3v) is 7.39. The number of aromatic hydroxyl groups is 2. The molecule has 1 heterocycles. The Hall–Kier alpha value is -1.66. The average molecular weight is 372 g/mol. The van der Waals surface area contributed by atoms with E-state index in [1.54, 1.807) is 0 Å². The lowest BCUT2D eigenvalue weighted by Gasteiger charge is -2.50. The Morgan fingerprint density at radius 2 is 1.81 bits per heavy atom. The monoisotopic (exact) mass is 372 g/mol. The normalized spacial score (nSPS) is 29.9. The summed E-state index contributed by atoms with van der Waals surface area (Å²) in [6, 6.07) is 1.53. The van der Waals surface area contributed by atoms with Crippen molar-refractivity contribution in [3.63, 3.8) is 0 Å². The van der Waals surface area contributed by atoms with Crippen molar-refractivity contribution in [2.45, 2.75) is 71.1 Å². The maximum absolute atomic E-state index is 10.3. The van der Waals surface area contributed by atoms with E-state index in [9.17, 15) is 20.3 Å². The fourth-order valence-corrected chi connectivity index (χ4v) is 6.10. The highest BCUT2D eigenvalue weighted by Crippen LogP contribution is 2.59. The predicted molar refractivity (Wildman–Crippen MR) is 105 cm³/mol. The summed E-state index contributed by atoms with van der Waals surface area (Å²) in [6.07, 6.45) is 5.48. The van der Waals surface area contributed by atoms with Gasteiger partial charge >= 0.3 is 7.12 Å². The first-order valence-corrected chi connectivity index (χ1v) is 9.95. The van der Waals surface area contributed by atoms with Crippen LogP contribution in [0.15, 0.2) is 10.5 Å². The molecule has 5 nitrogen and oxygen atoms in total. The van der Waals surface area contributed by atoms with Crippen LogP contribution >= 0.6 is 0 Å². The molecule has 3 atom stereocenters. The van der Waals surface area contributed by atoms with Crippen LogP contribution in [0.25, 0.3) is 11.0 Å². The van der Waals surface area contributed by atoms with Crippen LogP contribution in [-0.2, 0) is 5.41 Å². The van der Waals surface area contributed by atoms with Crippen LogP contribution in [0.2, 0.25) is 0 Å². The summed E-state index contributed by atoms with van der Waals surface area (Å²) in [7, 11) is -1.92. The minimum absolute atomic E-state index is 0.117. The summed E-state index contributed by atoms with van der Waals surface area (Å²) in [6.45, 7) is 9.13. The first-order chi connectivity index (χ1) is 12.6. The molecule has 0 aliphatic heterocycles. The summed E-state index contributed by atoms with van der Waals surface area (Å²) >= 11 is 0. The second-order valence-corrected chi connectivity index (χ2v) is 9.54. The molecule has 0 radical (unpaired) electrons. The van der Waals surface area contributed by atoms with E-state index in [0.717, 1.165) is 37.0 Å². The Balaban J connectivity index is 2.08. The maximum Gasteiger partial charge on any atom is 0.496 e. The molecular formula is C21H29BO5. The molecule has 4 rings (SSSR count). The zero-order valence-corrected chi connectivity index (χ0v) is 16.5. The van der Waals surface area contributed by atoms with Crippen LogP contribution in [0.5, 0.6) is 11.5 Å². The fraction of sp³-hybridized carbons (Fsp3) is 0.619. The summed E-state index contributed by atoms with van der Waals surface area (Å²) in [5, 5.41) is 40.8. The van der Waals surface area contributed by atoms with E-state index >= 15 is 0 Å². The van der Waals surface area contributed by atoms with Gasteiger partial charge in [-0.15, -0.1) is 0 Å². The molecule has 1 fully saturated rings. The third kappa shape index (κ3) is 2.53. The molecule has 1 aromatic heterocycles. The summed E-state index contributed by atoms with van der Waals surface area (Å²) < 4.78 is 6.20. The minimum Gasteiger partial charge on any atom is -0.504 e. The van der Waals surface area contributed by atoms with Crippen molar-refractivity contribution in [1.82, 2.24) is 0 Å². The first kappa shape index (κ1) is 18.7. The maximum atomic E-state index is 10.3. The highest BCUT2D eigenvalue weighted by atomic mass is 16.4.